The summed E-state index contributed by atoms with van der Waals surface area (Å²) in [7, 11) is -4.28. The summed E-state index contributed by atoms with van der Waals surface area (Å²) in [6.45, 7) is 3.29. The number of rotatable bonds is 10. The van der Waals surface area contributed by atoms with Gasteiger partial charge in [0.2, 0.25) is 0 Å². The van der Waals surface area contributed by atoms with Crippen LogP contribution in [-0.2, 0) is 10.0 Å². The molecular weight excluding hydrogens is 444 g/mol. The number of thiazole rings is 1. The number of halogens is 3. The Kier molecular flexibility index (Phi) is 7.28. The molecule has 1 atom stereocenters. The third-order valence-electron chi connectivity index (χ3n) is 4.74. The van der Waals surface area contributed by atoms with Crippen molar-refractivity contribution in [3.05, 3.63) is 34.3 Å². The topological polar surface area (TPSA) is 100 Å². The minimum Gasteiger partial charge on any atom is -0.384 e. The van der Waals surface area contributed by atoms with Crippen LogP contribution in [0.1, 0.15) is 19.3 Å². The molecule has 4 N–H and O–H groups in total. The third kappa shape index (κ3) is 5.54. The third-order valence-corrected chi connectivity index (χ3v) is 7.23. The van der Waals surface area contributed by atoms with Crippen LogP contribution in [-0.4, -0.2) is 50.5 Å². The Morgan fingerprint density at radius 2 is 2.14 bits per heavy atom. The predicted octanol–water partition coefficient (Wildman–Crippen LogP) is 3.10. The molecule has 0 amide bonds. The Morgan fingerprint density at radius 3 is 2.76 bits per heavy atom. The van der Waals surface area contributed by atoms with E-state index in [0.29, 0.717) is 36.2 Å². The maximum Gasteiger partial charge on any atom is 0.266 e. The van der Waals surface area contributed by atoms with Gasteiger partial charge in [-0.15, -0.1) is 0 Å². The molecule has 1 aromatic heterocycles. The van der Waals surface area contributed by atoms with E-state index in [4.69, 9.17) is 17.3 Å². The Balaban J connectivity index is 1.56. The summed E-state index contributed by atoms with van der Waals surface area (Å²) in [5.41, 5.74) is 5.99. The van der Waals surface area contributed by atoms with Gasteiger partial charge in [0, 0.05) is 25.7 Å². The van der Waals surface area contributed by atoms with Crippen molar-refractivity contribution in [3.8, 4) is 0 Å². The minimum atomic E-state index is -4.28. The number of nitrogens with zero attached hydrogens (tertiary/aromatic N) is 2. The summed E-state index contributed by atoms with van der Waals surface area (Å²) in [5, 5.41) is 2.25. The van der Waals surface area contributed by atoms with Crippen LogP contribution in [0.25, 0.3) is 0 Å². The first-order valence-corrected chi connectivity index (χ1v) is 11.8. The summed E-state index contributed by atoms with van der Waals surface area (Å²) >= 11 is 6.63. The van der Waals surface area contributed by atoms with Gasteiger partial charge in [0.25, 0.3) is 10.0 Å². The van der Waals surface area contributed by atoms with Gasteiger partial charge in [0.1, 0.15) is 10.7 Å². The molecule has 7 nitrogen and oxygen atoms in total. The Morgan fingerprint density at radius 1 is 1.34 bits per heavy atom. The summed E-state index contributed by atoms with van der Waals surface area (Å²) in [6, 6.07) is 2.55. The van der Waals surface area contributed by atoms with E-state index >= 15 is 0 Å². The summed E-state index contributed by atoms with van der Waals surface area (Å²) in [6.07, 6.45) is 3.83. The molecule has 0 radical (unpaired) electrons. The van der Waals surface area contributed by atoms with Crippen LogP contribution in [0.5, 0.6) is 0 Å². The monoisotopic (exact) mass is 465 g/mol. The molecule has 29 heavy (non-hydrogen) atoms. The number of sulfonamides is 1. The number of benzene rings is 1. The maximum atomic E-state index is 14.4. The predicted molar refractivity (Wildman–Crippen MR) is 111 cm³/mol. The number of nitrogens with one attached hydrogen (secondary N) is 2. The van der Waals surface area contributed by atoms with Gasteiger partial charge in [-0.05, 0) is 37.9 Å². The highest BCUT2D eigenvalue weighted by atomic mass is 35.5. The number of nitrogens with two attached hydrogens (primary N) is 1. The SMILES string of the molecule is NC[C@H]1CCN1CCCCNc1cc(F)c(S(=O)(=O)Nc2ncc(F)s2)cc1Cl. The van der Waals surface area contributed by atoms with Crippen LogP contribution in [0, 0.1) is 10.9 Å². The van der Waals surface area contributed by atoms with Gasteiger partial charge < -0.3 is 11.1 Å². The van der Waals surface area contributed by atoms with Crippen molar-refractivity contribution in [2.75, 3.05) is 36.2 Å². The van der Waals surface area contributed by atoms with E-state index in [1.807, 2.05) is 4.72 Å². The van der Waals surface area contributed by atoms with Crippen LogP contribution >= 0.6 is 22.9 Å². The van der Waals surface area contributed by atoms with Crippen molar-refractivity contribution in [2.24, 2.45) is 5.73 Å². The van der Waals surface area contributed by atoms with Crippen molar-refractivity contribution in [3.63, 3.8) is 0 Å². The van der Waals surface area contributed by atoms with Crippen molar-refractivity contribution in [2.45, 2.75) is 30.2 Å². The second-order valence-corrected chi connectivity index (χ2v) is 9.72. The van der Waals surface area contributed by atoms with Crippen LogP contribution in [0.2, 0.25) is 5.02 Å². The molecule has 1 aliphatic rings. The molecule has 0 bridgehead atoms. The van der Waals surface area contributed by atoms with Gasteiger partial charge in [-0.1, -0.05) is 22.9 Å². The van der Waals surface area contributed by atoms with Gasteiger partial charge >= 0.3 is 0 Å². The average Bonchev–Trinajstić information content (AvgIpc) is 3.03. The van der Waals surface area contributed by atoms with Crippen LogP contribution in [0.15, 0.2) is 23.2 Å². The highest BCUT2D eigenvalue weighted by molar-refractivity contribution is 7.93. The second kappa shape index (κ2) is 9.52. The first-order chi connectivity index (χ1) is 13.8. The Hall–Kier alpha value is -1.53. The number of likely N-dealkylation sites (tertiary alicyclic amines) is 1. The number of hydrogen-bond donors (Lipinski definition) is 3. The molecule has 0 unspecified atom stereocenters. The number of unbranched alkanes of at least 4 members (excludes halogenated alkanes) is 1. The van der Waals surface area contributed by atoms with E-state index in [0.717, 1.165) is 50.7 Å². The van der Waals surface area contributed by atoms with E-state index in [2.05, 4.69) is 15.2 Å². The first kappa shape index (κ1) is 22.2. The molecule has 1 aromatic carbocycles. The van der Waals surface area contributed by atoms with Gasteiger partial charge in [0.05, 0.1) is 16.9 Å². The standard InChI is InChI=1S/C17H22ClF2N5O2S2/c18-12-7-15(29(26,27)24-17-23-10-16(20)28-17)13(19)8-14(12)22-4-1-2-5-25-6-3-11(25)9-21/h7-8,10-11,22H,1-6,9,21H2,(H,23,24)/t11-/m1/s1. The van der Waals surface area contributed by atoms with Crippen LogP contribution < -0.4 is 15.8 Å². The van der Waals surface area contributed by atoms with Gasteiger partial charge in [-0.2, -0.15) is 4.39 Å². The number of aromatic nitrogens is 1. The molecule has 1 fully saturated rings. The fourth-order valence-corrected chi connectivity index (χ4v) is 5.23. The van der Waals surface area contributed by atoms with Crippen molar-refractivity contribution >= 4 is 43.8 Å². The first-order valence-electron chi connectivity index (χ1n) is 9.11. The van der Waals surface area contributed by atoms with E-state index < -0.39 is 25.9 Å². The second-order valence-electron chi connectivity index (χ2n) is 6.69. The normalized spacial score (nSPS) is 17.2. The lowest BCUT2D eigenvalue weighted by atomic mass is 10.0. The quantitative estimate of drug-likeness (QED) is 0.466. The van der Waals surface area contributed by atoms with Crippen LogP contribution in [0.3, 0.4) is 0 Å². The van der Waals surface area contributed by atoms with Crippen molar-refractivity contribution in [1.29, 1.82) is 0 Å². The fourth-order valence-electron chi connectivity index (χ4n) is 3.06. The number of hydrogen-bond acceptors (Lipinski definition) is 7. The smallest absolute Gasteiger partial charge is 0.266 e. The largest absolute Gasteiger partial charge is 0.384 e. The van der Waals surface area contributed by atoms with Gasteiger partial charge in [0.15, 0.2) is 10.3 Å². The molecule has 12 heteroatoms. The van der Waals surface area contributed by atoms with Crippen molar-refractivity contribution in [1.82, 2.24) is 9.88 Å². The van der Waals surface area contributed by atoms with E-state index in [1.165, 1.54) is 0 Å². The maximum absolute atomic E-state index is 14.4. The molecule has 0 aliphatic carbocycles. The van der Waals surface area contributed by atoms with E-state index in [9.17, 15) is 17.2 Å². The van der Waals surface area contributed by atoms with Crippen molar-refractivity contribution < 1.29 is 17.2 Å². The molecule has 1 aliphatic heterocycles. The Labute approximate surface area is 177 Å². The fraction of sp³-hybridized carbons (Fsp3) is 0.471. The van der Waals surface area contributed by atoms with Crippen LogP contribution in [0.4, 0.5) is 19.6 Å². The molecule has 1 saturated heterocycles. The van der Waals surface area contributed by atoms with E-state index in [1.54, 1.807) is 0 Å². The molecular formula is C17H22ClF2N5O2S2. The highest BCUT2D eigenvalue weighted by Crippen LogP contribution is 2.30. The summed E-state index contributed by atoms with van der Waals surface area (Å²) in [5.74, 6) is -0.965. The highest BCUT2D eigenvalue weighted by Gasteiger charge is 2.25. The lowest BCUT2D eigenvalue weighted by Crippen LogP contribution is -2.51. The average molecular weight is 466 g/mol. The zero-order valence-corrected chi connectivity index (χ0v) is 17.9. The zero-order chi connectivity index (χ0) is 21.0. The molecule has 0 saturated carbocycles. The number of anilines is 2. The summed E-state index contributed by atoms with van der Waals surface area (Å²) < 4.78 is 54.1. The lowest BCUT2D eigenvalue weighted by molar-refractivity contribution is 0.0951. The molecule has 2 heterocycles. The molecule has 3 rings (SSSR count). The zero-order valence-electron chi connectivity index (χ0n) is 15.5. The molecule has 2 aromatic rings. The Bertz CT molecular complexity index is 955. The molecule has 160 valence electrons. The van der Waals surface area contributed by atoms with E-state index in [-0.39, 0.29) is 10.2 Å². The van der Waals surface area contributed by atoms with Gasteiger partial charge in [-0.25, -0.2) is 17.8 Å². The summed E-state index contributed by atoms with van der Waals surface area (Å²) in [4.78, 5) is 5.27. The van der Waals surface area contributed by atoms with Gasteiger partial charge in [-0.3, -0.25) is 9.62 Å². The molecule has 0 spiro atoms. The minimum absolute atomic E-state index is 0.0723. The lowest BCUT2D eigenvalue weighted by Gasteiger charge is -2.40.